The molecule has 0 spiro atoms. The van der Waals surface area contributed by atoms with Crippen LogP contribution in [0.25, 0.3) is 0 Å². The molecule has 90 valence electrons. The van der Waals surface area contributed by atoms with Crippen LogP contribution in [0.3, 0.4) is 0 Å². The van der Waals surface area contributed by atoms with E-state index >= 15 is 0 Å². The summed E-state index contributed by atoms with van der Waals surface area (Å²) < 4.78 is 35.7. The predicted octanol–water partition coefficient (Wildman–Crippen LogP) is 3.42. The van der Waals surface area contributed by atoms with Gasteiger partial charge in [0.05, 0.1) is 6.42 Å². The Bertz CT molecular complexity index is 330. The lowest BCUT2D eigenvalue weighted by Crippen LogP contribution is -2.12. The minimum absolute atomic E-state index is 0.0810. The molecule has 0 aliphatic carbocycles. The van der Waals surface area contributed by atoms with Crippen molar-refractivity contribution in [2.75, 3.05) is 0 Å². The molecule has 16 heavy (non-hydrogen) atoms. The number of pyridine rings is 1. The van der Waals surface area contributed by atoms with Gasteiger partial charge in [-0.2, -0.15) is 13.2 Å². The van der Waals surface area contributed by atoms with Crippen molar-refractivity contribution >= 4 is 5.78 Å². The molecule has 0 radical (unpaired) electrons. The number of halogens is 3. The number of carbonyl (C=O) groups excluding carboxylic acids is 1. The zero-order chi connectivity index (χ0) is 12.8. The molecule has 0 fully saturated rings. The molecular weight excluding hydrogens is 219 g/mol. The van der Waals surface area contributed by atoms with E-state index in [4.69, 9.17) is 0 Å². The summed E-state index contributed by atoms with van der Waals surface area (Å²) in [6, 6.07) is 2.56. The van der Waals surface area contributed by atoms with Crippen molar-refractivity contribution in [1.29, 1.82) is 0 Å². The first-order valence-electron chi connectivity index (χ1n) is 4.91. The number of hydrogen-bond donors (Lipinski definition) is 0. The Balaban J connectivity index is 0.00000106. The van der Waals surface area contributed by atoms with Gasteiger partial charge < -0.3 is 0 Å². The molecule has 5 heteroatoms. The molecule has 2 nitrogen and oxygen atoms in total. The van der Waals surface area contributed by atoms with E-state index in [-0.39, 0.29) is 11.5 Å². The quantitative estimate of drug-likeness (QED) is 0.732. The van der Waals surface area contributed by atoms with Gasteiger partial charge in [-0.1, -0.05) is 13.8 Å². The monoisotopic (exact) mass is 233 g/mol. The fourth-order valence-corrected chi connectivity index (χ4v) is 0.943. The zero-order valence-electron chi connectivity index (χ0n) is 9.43. The molecule has 0 amide bonds. The predicted molar refractivity (Wildman–Crippen MR) is 55.3 cm³/mol. The number of aromatic nitrogens is 1. The molecule has 0 atom stereocenters. The Morgan fingerprint density at radius 2 is 1.88 bits per heavy atom. The third-order valence-electron chi connectivity index (χ3n) is 1.61. The van der Waals surface area contributed by atoms with E-state index in [2.05, 4.69) is 4.98 Å². The lowest BCUT2D eigenvalue weighted by atomic mass is 10.2. The van der Waals surface area contributed by atoms with Crippen molar-refractivity contribution in [3.63, 3.8) is 0 Å². The fraction of sp³-hybridized carbons (Fsp3) is 0.455. The Hall–Kier alpha value is -1.39. The van der Waals surface area contributed by atoms with Crippen molar-refractivity contribution in [2.24, 2.45) is 0 Å². The highest BCUT2D eigenvalue weighted by atomic mass is 19.4. The maximum Gasteiger partial charge on any atom is 0.394 e. The summed E-state index contributed by atoms with van der Waals surface area (Å²) in [4.78, 5) is 14.3. The maximum atomic E-state index is 11.9. The van der Waals surface area contributed by atoms with Gasteiger partial charge in [-0.15, -0.1) is 0 Å². The molecule has 0 saturated heterocycles. The molecule has 1 heterocycles. The van der Waals surface area contributed by atoms with E-state index in [0.717, 1.165) is 6.20 Å². The first kappa shape index (κ1) is 14.6. The van der Waals surface area contributed by atoms with E-state index in [1.165, 1.54) is 19.1 Å². The van der Waals surface area contributed by atoms with Gasteiger partial charge in [0.2, 0.25) is 0 Å². The molecule has 1 aromatic rings. The van der Waals surface area contributed by atoms with Crippen molar-refractivity contribution in [1.82, 2.24) is 4.98 Å². The Kier molecular flexibility index (Phi) is 5.71. The van der Waals surface area contributed by atoms with Crippen LogP contribution in [0, 0.1) is 0 Å². The lowest BCUT2D eigenvalue weighted by molar-refractivity contribution is -0.127. The molecule has 0 bridgehead atoms. The first-order valence-corrected chi connectivity index (χ1v) is 4.91. The second-order valence-electron chi connectivity index (χ2n) is 2.89. The summed E-state index contributed by atoms with van der Waals surface area (Å²) in [5.74, 6) is -0.212. The van der Waals surface area contributed by atoms with E-state index in [9.17, 15) is 18.0 Å². The number of ketones is 1. The fourth-order valence-electron chi connectivity index (χ4n) is 0.943. The number of hydrogen-bond acceptors (Lipinski definition) is 2. The summed E-state index contributed by atoms with van der Waals surface area (Å²) in [6.45, 7) is 5.33. The van der Waals surface area contributed by atoms with Crippen LogP contribution in [0.15, 0.2) is 18.3 Å². The summed E-state index contributed by atoms with van der Waals surface area (Å²) >= 11 is 0. The Morgan fingerprint density at radius 1 is 1.31 bits per heavy atom. The van der Waals surface area contributed by atoms with Crippen LogP contribution < -0.4 is 0 Å². The lowest BCUT2D eigenvalue weighted by Gasteiger charge is -2.05. The van der Waals surface area contributed by atoms with Crippen LogP contribution in [-0.4, -0.2) is 16.9 Å². The normalized spacial score (nSPS) is 10.4. The largest absolute Gasteiger partial charge is 0.394 e. The van der Waals surface area contributed by atoms with Crippen molar-refractivity contribution in [3.05, 3.63) is 29.6 Å². The van der Waals surface area contributed by atoms with Crippen LogP contribution in [0.2, 0.25) is 0 Å². The van der Waals surface area contributed by atoms with Crippen molar-refractivity contribution < 1.29 is 18.0 Å². The zero-order valence-corrected chi connectivity index (χ0v) is 9.43. The third-order valence-corrected chi connectivity index (χ3v) is 1.61. The van der Waals surface area contributed by atoms with Gasteiger partial charge >= 0.3 is 6.18 Å². The van der Waals surface area contributed by atoms with Gasteiger partial charge in [0.1, 0.15) is 0 Å². The number of rotatable bonds is 2. The average Bonchev–Trinajstić information content (AvgIpc) is 2.19. The number of alkyl halides is 3. The molecule has 0 aliphatic heterocycles. The number of carbonyl (C=O) groups is 1. The number of Topliss-reactive ketones (excluding diaryl/α,β-unsaturated/α-hetero) is 1. The van der Waals surface area contributed by atoms with Crippen LogP contribution in [0.4, 0.5) is 13.2 Å². The van der Waals surface area contributed by atoms with Gasteiger partial charge in [0.15, 0.2) is 5.78 Å². The van der Waals surface area contributed by atoms with E-state index in [1.807, 2.05) is 13.8 Å². The van der Waals surface area contributed by atoms with Gasteiger partial charge in [-0.05, 0) is 19.1 Å². The van der Waals surface area contributed by atoms with E-state index in [1.54, 1.807) is 0 Å². The summed E-state index contributed by atoms with van der Waals surface area (Å²) in [5.41, 5.74) is 0.235. The van der Waals surface area contributed by atoms with Gasteiger partial charge in [-0.25, -0.2) is 0 Å². The molecule has 0 unspecified atom stereocenters. The second kappa shape index (κ2) is 6.25. The standard InChI is InChI=1S/C9H8F3NO.C2H6/c1-6(14)7-2-3-8(13-5-7)4-9(10,11)12;1-2/h2-3,5H,4H2,1H3;1-2H3. The minimum Gasteiger partial charge on any atom is -0.294 e. The molecule has 1 rings (SSSR count). The highest BCUT2D eigenvalue weighted by Crippen LogP contribution is 2.19. The molecule has 0 aliphatic rings. The van der Waals surface area contributed by atoms with E-state index < -0.39 is 12.6 Å². The highest BCUT2D eigenvalue weighted by Gasteiger charge is 2.28. The third kappa shape index (κ3) is 5.48. The maximum absolute atomic E-state index is 11.9. The van der Waals surface area contributed by atoms with Gasteiger partial charge in [-0.3, -0.25) is 9.78 Å². The minimum atomic E-state index is -4.26. The topological polar surface area (TPSA) is 30.0 Å². The highest BCUT2D eigenvalue weighted by molar-refractivity contribution is 5.93. The molecule has 0 aromatic carbocycles. The summed E-state index contributed by atoms with van der Waals surface area (Å²) in [5, 5.41) is 0. The summed E-state index contributed by atoms with van der Waals surface area (Å²) in [6.07, 6.45) is -4.17. The smallest absolute Gasteiger partial charge is 0.294 e. The number of nitrogens with zero attached hydrogens (tertiary/aromatic N) is 1. The van der Waals surface area contributed by atoms with Crippen LogP contribution in [0.5, 0.6) is 0 Å². The average molecular weight is 233 g/mol. The molecule has 0 saturated carbocycles. The van der Waals surface area contributed by atoms with E-state index in [0.29, 0.717) is 5.56 Å². The molecule has 1 aromatic heterocycles. The van der Waals surface area contributed by atoms with Gasteiger partial charge in [0, 0.05) is 17.5 Å². The summed E-state index contributed by atoms with van der Waals surface area (Å²) in [7, 11) is 0. The van der Waals surface area contributed by atoms with Crippen LogP contribution >= 0.6 is 0 Å². The SMILES string of the molecule is CC.CC(=O)c1ccc(CC(F)(F)F)nc1. The second-order valence-corrected chi connectivity index (χ2v) is 2.89. The van der Waals surface area contributed by atoms with Crippen LogP contribution in [0.1, 0.15) is 36.8 Å². The Morgan fingerprint density at radius 3 is 2.19 bits per heavy atom. The first-order chi connectivity index (χ1) is 7.38. The van der Waals surface area contributed by atoms with Gasteiger partial charge in [0.25, 0.3) is 0 Å². The van der Waals surface area contributed by atoms with Crippen LogP contribution in [-0.2, 0) is 6.42 Å². The van der Waals surface area contributed by atoms with Crippen molar-refractivity contribution in [2.45, 2.75) is 33.4 Å². The molecular formula is C11H14F3NO. The molecule has 0 N–H and O–H groups in total. The Labute approximate surface area is 92.5 Å². The van der Waals surface area contributed by atoms with Crippen molar-refractivity contribution in [3.8, 4) is 0 Å².